The molecule has 5 nitrogen and oxygen atoms in total. The fourth-order valence-electron chi connectivity index (χ4n) is 3.01. The lowest BCUT2D eigenvalue weighted by Crippen LogP contribution is -2.05. The molecule has 0 saturated heterocycles. The molecule has 1 aliphatic rings. The number of hydrogen-bond acceptors (Lipinski definition) is 5. The molecule has 0 amide bonds. The summed E-state index contributed by atoms with van der Waals surface area (Å²) < 4.78 is 32.2. The van der Waals surface area contributed by atoms with Crippen molar-refractivity contribution in [2.24, 2.45) is 4.99 Å². The molecule has 32 heavy (non-hydrogen) atoms. The van der Waals surface area contributed by atoms with Crippen LogP contribution in [-0.4, -0.2) is 19.0 Å². The van der Waals surface area contributed by atoms with Crippen LogP contribution in [0.3, 0.4) is 0 Å². The molecule has 4 rings (SSSR count). The number of hydrogen-bond donors (Lipinski definition) is 0. The summed E-state index contributed by atoms with van der Waals surface area (Å²) in [5, 5.41) is 0. The summed E-state index contributed by atoms with van der Waals surface area (Å²) in [6.07, 6.45) is 1.62. The predicted octanol–water partition coefficient (Wildman–Crippen LogP) is 6.12. The summed E-state index contributed by atoms with van der Waals surface area (Å²) >= 11 is 5.49. The molecule has 0 aromatic heterocycles. The molecule has 0 spiro atoms. The van der Waals surface area contributed by atoms with Gasteiger partial charge in [0.1, 0.15) is 12.4 Å². The first-order valence-corrected chi connectivity index (χ1v) is 11.3. The molecule has 0 fully saturated rings. The Morgan fingerprint density at radius 1 is 1.16 bits per heavy atom. The van der Waals surface area contributed by atoms with Crippen molar-refractivity contribution in [2.75, 3.05) is 7.11 Å². The van der Waals surface area contributed by atoms with Crippen LogP contribution in [0.4, 0.5) is 4.39 Å². The number of carbonyl (C=O) groups is 1. The van der Waals surface area contributed by atoms with Crippen molar-refractivity contribution in [2.45, 2.75) is 6.61 Å². The summed E-state index contributed by atoms with van der Waals surface area (Å²) in [7, 11) is 1.52. The van der Waals surface area contributed by atoms with Crippen molar-refractivity contribution < 1.29 is 23.4 Å². The zero-order valence-corrected chi connectivity index (χ0v) is 20.5. The molecule has 3 aromatic carbocycles. The van der Waals surface area contributed by atoms with Crippen LogP contribution >= 0.6 is 38.5 Å². The van der Waals surface area contributed by atoms with Crippen LogP contribution in [0.25, 0.3) is 6.08 Å². The minimum atomic E-state index is -0.531. The summed E-state index contributed by atoms with van der Waals surface area (Å²) in [5.74, 6) is 0.342. The van der Waals surface area contributed by atoms with Gasteiger partial charge in [0.05, 0.1) is 10.7 Å². The van der Waals surface area contributed by atoms with Gasteiger partial charge in [-0.15, -0.1) is 0 Å². The number of rotatable bonds is 6. The summed E-state index contributed by atoms with van der Waals surface area (Å²) in [5.41, 5.74) is 2.02. The minimum Gasteiger partial charge on any atom is -0.493 e. The highest BCUT2D eigenvalue weighted by Gasteiger charge is 2.24. The van der Waals surface area contributed by atoms with Crippen LogP contribution in [-0.2, 0) is 16.1 Å². The Balaban J connectivity index is 1.59. The third kappa shape index (κ3) is 5.02. The standard InChI is InChI=1S/C24H16BrFINO4/c1-30-21-12-14(10-19(27)22(21)31-13-16-4-2-3-5-18(16)26)11-20-24(29)32-23(28-20)15-6-8-17(25)9-7-15/h2-12H,13H2,1H3/b20-11-. The van der Waals surface area contributed by atoms with Gasteiger partial charge < -0.3 is 14.2 Å². The largest absolute Gasteiger partial charge is 0.493 e. The Hall–Kier alpha value is -2.72. The first kappa shape index (κ1) is 22.5. The van der Waals surface area contributed by atoms with Gasteiger partial charge in [-0.2, -0.15) is 0 Å². The normalized spacial score (nSPS) is 14.3. The molecule has 0 saturated carbocycles. The van der Waals surface area contributed by atoms with Crippen LogP contribution in [0, 0.1) is 9.39 Å². The molecule has 8 heteroatoms. The van der Waals surface area contributed by atoms with Crippen molar-refractivity contribution in [1.29, 1.82) is 0 Å². The number of benzene rings is 3. The number of esters is 1. The van der Waals surface area contributed by atoms with E-state index in [2.05, 4.69) is 43.5 Å². The van der Waals surface area contributed by atoms with Gasteiger partial charge in [-0.3, -0.25) is 0 Å². The minimum absolute atomic E-state index is 0.0621. The average Bonchev–Trinajstić information content (AvgIpc) is 3.14. The molecular formula is C24H16BrFINO4. The van der Waals surface area contributed by atoms with Gasteiger partial charge in [-0.25, -0.2) is 14.2 Å². The molecule has 0 atom stereocenters. The van der Waals surface area contributed by atoms with Crippen LogP contribution < -0.4 is 9.47 Å². The van der Waals surface area contributed by atoms with Crippen molar-refractivity contribution in [1.82, 2.24) is 0 Å². The first-order valence-electron chi connectivity index (χ1n) is 9.47. The average molecular weight is 608 g/mol. The Labute approximate surface area is 206 Å². The molecule has 0 radical (unpaired) electrons. The monoisotopic (exact) mass is 607 g/mol. The fourth-order valence-corrected chi connectivity index (χ4v) is 4.06. The van der Waals surface area contributed by atoms with Crippen molar-refractivity contribution in [3.63, 3.8) is 0 Å². The van der Waals surface area contributed by atoms with Gasteiger partial charge in [0.2, 0.25) is 5.90 Å². The van der Waals surface area contributed by atoms with E-state index in [-0.39, 0.29) is 24.0 Å². The van der Waals surface area contributed by atoms with E-state index in [1.807, 2.05) is 30.3 Å². The Kier molecular flexibility index (Phi) is 6.90. The Morgan fingerprint density at radius 3 is 2.62 bits per heavy atom. The molecule has 0 aliphatic carbocycles. The van der Waals surface area contributed by atoms with Gasteiger partial charge >= 0.3 is 5.97 Å². The third-order valence-corrected chi connectivity index (χ3v) is 5.93. The first-order chi connectivity index (χ1) is 15.4. The van der Waals surface area contributed by atoms with E-state index in [0.29, 0.717) is 28.2 Å². The molecule has 162 valence electrons. The van der Waals surface area contributed by atoms with Crippen molar-refractivity contribution >= 4 is 56.5 Å². The third-order valence-electron chi connectivity index (χ3n) is 4.60. The summed E-state index contributed by atoms with van der Waals surface area (Å²) in [4.78, 5) is 16.7. The number of ether oxygens (including phenoxy) is 3. The van der Waals surface area contributed by atoms with Gasteiger partial charge in [-0.1, -0.05) is 34.1 Å². The molecule has 0 unspecified atom stereocenters. The molecule has 0 N–H and O–H groups in total. The zero-order chi connectivity index (χ0) is 22.7. The van der Waals surface area contributed by atoms with Crippen LogP contribution in [0.1, 0.15) is 16.7 Å². The Morgan fingerprint density at radius 2 is 1.91 bits per heavy atom. The van der Waals surface area contributed by atoms with E-state index in [9.17, 15) is 9.18 Å². The van der Waals surface area contributed by atoms with E-state index >= 15 is 0 Å². The molecule has 3 aromatic rings. The lowest BCUT2D eigenvalue weighted by atomic mass is 10.1. The lowest BCUT2D eigenvalue weighted by Gasteiger charge is -2.14. The zero-order valence-electron chi connectivity index (χ0n) is 16.8. The molecular weight excluding hydrogens is 592 g/mol. The number of aliphatic imine (C=N–C) groups is 1. The number of cyclic esters (lactones) is 1. The van der Waals surface area contributed by atoms with Gasteiger partial charge in [0.25, 0.3) is 0 Å². The van der Waals surface area contributed by atoms with Crippen molar-refractivity contribution in [3.8, 4) is 11.5 Å². The van der Waals surface area contributed by atoms with Crippen LogP contribution in [0.2, 0.25) is 0 Å². The van der Waals surface area contributed by atoms with E-state index in [1.165, 1.54) is 13.2 Å². The highest BCUT2D eigenvalue weighted by Crippen LogP contribution is 2.35. The molecule has 0 bridgehead atoms. The predicted molar refractivity (Wildman–Crippen MR) is 131 cm³/mol. The topological polar surface area (TPSA) is 57.1 Å². The van der Waals surface area contributed by atoms with E-state index in [4.69, 9.17) is 14.2 Å². The second-order valence-corrected chi connectivity index (χ2v) is 8.84. The fraction of sp³-hybridized carbons (Fsp3) is 0.0833. The molecule has 1 aliphatic heterocycles. The summed E-state index contributed by atoms with van der Waals surface area (Å²) in [6.45, 7) is 0.0621. The Bertz CT molecular complexity index is 1240. The maximum atomic E-state index is 13.9. The number of nitrogens with zero attached hydrogens (tertiary/aromatic N) is 1. The molecule has 1 heterocycles. The van der Waals surface area contributed by atoms with Crippen LogP contribution in [0.15, 0.2) is 75.8 Å². The van der Waals surface area contributed by atoms with E-state index in [1.54, 1.807) is 30.3 Å². The van der Waals surface area contributed by atoms with Gasteiger partial charge in [0.15, 0.2) is 17.2 Å². The SMILES string of the molecule is COc1cc(/C=C2\N=C(c3ccc(Br)cc3)OC2=O)cc(I)c1OCc1ccccc1F. The van der Waals surface area contributed by atoms with E-state index in [0.717, 1.165) is 8.04 Å². The van der Waals surface area contributed by atoms with Crippen molar-refractivity contribution in [3.05, 3.63) is 96.9 Å². The maximum absolute atomic E-state index is 13.9. The quantitative estimate of drug-likeness (QED) is 0.192. The van der Waals surface area contributed by atoms with Gasteiger partial charge in [0, 0.05) is 15.6 Å². The highest BCUT2D eigenvalue weighted by atomic mass is 127. The second-order valence-electron chi connectivity index (χ2n) is 6.76. The number of halogens is 3. The van der Waals surface area contributed by atoms with Crippen LogP contribution in [0.5, 0.6) is 11.5 Å². The highest BCUT2D eigenvalue weighted by molar-refractivity contribution is 14.1. The number of carbonyl (C=O) groups excluding carboxylic acids is 1. The maximum Gasteiger partial charge on any atom is 0.363 e. The smallest absolute Gasteiger partial charge is 0.363 e. The lowest BCUT2D eigenvalue weighted by molar-refractivity contribution is -0.129. The van der Waals surface area contributed by atoms with E-state index < -0.39 is 5.97 Å². The summed E-state index contributed by atoms with van der Waals surface area (Å²) in [6, 6.07) is 17.3. The van der Waals surface area contributed by atoms with Gasteiger partial charge in [-0.05, 0) is 76.7 Å². The second kappa shape index (κ2) is 9.83. The number of methoxy groups -OCH3 is 1.